The first-order valence-electron chi connectivity index (χ1n) is 10.1. The first-order chi connectivity index (χ1) is 15.7. The van der Waals surface area contributed by atoms with Crippen LogP contribution >= 0.6 is 0 Å². The number of sulfone groups is 1. The van der Waals surface area contributed by atoms with Crippen molar-refractivity contribution in [2.24, 2.45) is 0 Å². The maximum absolute atomic E-state index is 14.6. The van der Waals surface area contributed by atoms with Gasteiger partial charge >= 0.3 is 6.61 Å². The van der Waals surface area contributed by atoms with Gasteiger partial charge in [-0.25, -0.2) is 22.5 Å². The molecule has 3 aromatic rings. The standard InChI is InChI=1S/C21H21F3N4O5S/c1-20(2,30)16-13-6-11(18(29)26-21(3)9-34(31,32)10-21)8-25-17(13)28(27-16)15-7-12(33-19(23)24)4-5-14(15)22/h4-8,19,30H,9-10H2,1-3H3,(H,26,29). The molecule has 3 heterocycles. The van der Waals surface area contributed by atoms with Crippen molar-refractivity contribution in [3.63, 3.8) is 0 Å². The number of carbonyl (C=O) groups excluding carboxylic acids is 1. The van der Waals surface area contributed by atoms with Crippen LogP contribution in [0.3, 0.4) is 0 Å². The molecule has 1 aliphatic rings. The monoisotopic (exact) mass is 498 g/mol. The summed E-state index contributed by atoms with van der Waals surface area (Å²) >= 11 is 0. The first-order valence-corrected chi connectivity index (χ1v) is 11.9. The molecule has 0 atom stereocenters. The van der Waals surface area contributed by atoms with Gasteiger partial charge in [0.15, 0.2) is 15.5 Å². The zero-order valence-electron chi connectivity index (χ0n) is 18.3. The predicted octanol–water partition coefficient (Wildman–Crippen LogP) is 2.31. The van der Waals surface area contributed by atoms with E-state index < -0.39 is 39.3 Å². The smallest absolute Gasteiger partial charge is 0.387 e. The third-order valence-corrected chi connectivity index (χ3v) is 7.38. The molecule has 0 bridgehead atoms. The normalized spacial score (nSPS) is 16.9. The van der Waals surface area contributed by atoms with Crippen molar-refractivity contribution < 1.29 is 36.2 Å². The third-order valence-electron chi connectivity index (χ3n) is 5.23. The Morgan fingerprint density at radius 1 is 1.29 bits per heavy atom. The Bertz CT molecular complexity index is 1390. The highest BCUT2D eigenvalue weighted by Gasteiger charge is 2.45. The molecule has 0 saturated carbocycles. The van der Waals surface area contributed by atoms with Crippen LogP contribution in [0.2, 0.25) is 0 Å². The fourth-order valence-corrected chi connectivity index (χ4v) is 5.93. The number of rotatable bonds is 6. The van der Waals surface area contributed by atoms with Gasteiger partial charge < -0.3 is 15.2 Å². The van der Waals surface area contributed by atoms with Crippen molar-refractivity contribution >= 4 is 26.8 Å². The number of fused-ring (bicyclic) bond motifs is 1. The number of halogens is 3. The number of hydrogen-bond acceptors (Lipinski definition) is 7. The van der Waals surface area contributed by atoms with Crippen molar-refractivity contribution in [3.8, 4) is 11.4 Å². The van der Waals surface area contributed by atoms with Crippen LogP contribution in [0, 0.1) is 5.82 Å². The molecule has 1 aliphatic heterocycles. The van der Waals surface area contributed by atoms with Gasteiger partial charge in [-0.3, -0.25) is 4.79 Å². The number of hydrogen-bond donors (Lipinski definition) is 2. The Labute approximate surface area is 192 Å². The Hall–Kier alpha value is -3.19. The van der Waals surface area contributed by atoms with Gasteiger partial charge in [0.05, 0.1) is 22.6 Å². The highest BCUT2D eigenvalue weighted by Crippen LogP contribution is 2.31. The van der Waals surface area contributed by atoms with E-state index in [9.17, 15) is 31.5 Å². The predicted molar refractivity (Wildman–Crippen MR) is 115 cm³/mol. The van der Waals surface area contributed by atoms with E-state index in [-0.39, 0.29) is 45.2 Å². The second-order valence-corrected chi connectivity index (χ2v) is 11.0. The van der Waals surface area contributed by atoms with E-state index in [0.717, 1.165) is 22.9 Å². The van der Waals surface area contributed by atoms with Crippen LogP contribution in [0.5, 0.6) is 5.75 Å². The van der Waals surface area contributed by atoms with Crippen molar-refractivity contribution in [3.05, 3.63) is 47.5 Å². The fraction of sp³-hybridized carbons (Fsp3) is 0.381. The van der Waals surface area contributed by atoms with Crippen LogP contribution in [-0.4, -0.2) is 57.9 Å². The largest absolute Gasteiger partial charge is 0.435 e. The molecular weight excluding hydrogens is 477 g/mol. The Morgan fingerprint density at radius 2 is 1.97 bits per heavy atom. The number of benzene rings is 1. The van der Waals surface area contributed by atoms with Crippen LogP contribution in [0.25, 0.3) is 16.7 Å². The second-order valence-electron chi connectivity index (χ2n) is 8.95. The first kappa shape index (κ1) is 24.0. The maximum atomic E-state index is 14.6. The number of carbonyl (C=O) groups is 1. The summed E-state index contributed by atoms with van der Waals surface area (Å²) in [6.45, 7) is 1.35. The van der Waals surface area contributed by atoms with E-state index >= 15 is 0 Å². The molecule has 1 saturated heterocycles. The maximum Gasteiger partial charge on any atom is 0.387 e. The van der Waals surface area contributed by atoms with Crippen LogP contribution < -0.4 is 10.1 Å². The topological polar surface area (TPSA) is 123 Å². The van der Waals surface area contributed by atoms with Crippen molar-refractivity contribution in [2.45, 2.75) is 38.5 Å². The number of nitrogens with one attached hydrogen (secondary N) is 1. The van der Waals surface area contributed by atoms with Crippen molar-refractivity contribution in [1.82, 2.24) is 20.1 Å². The molecule has 13 heteroatoms. The highest BCUT2D eigenvalue weighted by atomic mass is 32.2. The SMILES string of the molecule is CC1(NC(=O)c2cnc3c(c2)c(C(C)(C)O)nn3-c2cc(OC(F)F)ccc2F)CS(=O)(=O)C1. The van der Waals surface area contributed by atoms with Gasteiger partial charge in [-0.05, 0) is 39.0 Å². The summed E-state index contributed by atoms with van der Waals surface area (Å²) in [4.78, 5) is 17.0. The lowest BCUT2D eigenvalue weighted by atomic mass is 10.0. The van der Waals surface area contributed by atoms with Gasteiger partial charge in [-0.2, -0.15) is 13.9 Å². The highest BCUT2D eigenvalue weighted by molar-refractivity contribution is 7.93. The summed E-state index contributed by atoms with van der Waals surface area (Å²) in [5.74, 6) is -2.08. The van der Waals surface area contributed by atoms with E-state index in [1.165, 1.54) is 26.1 Å². The number of ether oxygens (including phenoxy) is 1. The Balaban J connectivity index is 1.79. The van der Waals surface area contributed by atoms with E-state index in [1.54, 1.807) is 6.92 Å². The van der Waals surface area contributed by atoms with E-state index in [4.69, 9.17) is 0 Å². The van der Waals surface area contributed by atoms with Gasteiger partial charge in [-0.1, -0.05) is 0 Å². The summed E-state index contributed by atoms with van der Waals surface area (Å²) in [5.41, 5.74) is -2.53. The molecule has 1 amide bonds. The third kappa shape index (κ3) is 4.57. The van der Waals surface area contributed by atoms with Gasteiger partial charge in [0.25, 0.3) is 5.91 Å². The summed E-state index contributed by atoms with van der Waals surface area (Å²) in [5, 5.41) is 17.7. The quantitative estimate of drug-likeness (QED) is 0.535. The molecule has 34 heavy (non-hydrogen) atoms. The molecule has 1 aromatic carbocycles. The van der Waals surface area contributed by atoms with Crippen LogP contribution in [0.1, 0.15) is 36.8 Å². The second kappa shape index (κ2) is 7.94. The fourth-order valence-electron chi connectivity index (χ4n) is 3.92. The molecule has 0 radical (unpaired) electrons. The van der Waals surface area contributed by atoms with Gasteiger partial charge in [0, 0.05) is 17.6 Å². The van der Waals surface area contributed by atoms with E-state index in [1.807, 2.05) is 0 Å². The molecular formula is C21H21F3N4O5S. The lowest BCUT2D eigenvalue weighted by Crippen LogP contribution is -2.63. The van der Waals surface area contributed by atoms with E-state index in [0.29, 0.717) is 0 Å². The molecule has 4 rings (SSSR count). The van der Waals surface area contributed by atoms with Crippen molar-refractivity contribution in [2.75, 3.05) is 11.5 Å². The van der Waals surface area contributed by atoms with Crippen LogP contribution in [0.4, 0.5) is 13.2 Å². The molecule has 0 spiro atoms. The number of pyridine rings is 1. The molecule has 1 fully saturated rings. The van der Waals surface area contributed by atoms with Crippen LogP contribution in [-0.2, 0) is 15.4 Å². The molecule has 182 valence electrons. The summed E-state index contributed by atoms with van der Waals surface area (Å²) < 4.78 is 68.3. The minimum Gasteiger partial charge on any atom is -0.435 e. The molecule has 0 aliphatic carbocycles. The summed E-state index contributed by atoms with van der Waals surface area (Å²) in [6, 6.07) is 4.37. The molecule has 2 aromatic heterocycles. The zero-order valence-corrected chi connectivity index (χ0v) is 19.2. The Kier molecular flexibility index (Phi) is 5.60. The number of aliphatic hydroxyl groups is 1. The van der Waals surface area contributed by atoms with Crippen molar-refractivity contribution in [1.29, 1.82) is 0 Å². The molecule has 2 N–H and O–H groups in total. The zero-order chi connectivity index (χ0) is 25.1. The number of aromatic nitrogens is 3. The minimum absolute atomic E-state index is 0.0548. The van der Waals surface area contributed by atoms with Crippen LogP contribution in [0.15, 0.2) is 30.5 Å². The number of amides is 1. The number of nitrogens with zero attached hydrogens (tertiary/aromatic N) is 3. The average molecular weight is 498 g/mol. The minimum atomic E-state index is -3.19. The van der Waals surface area contributed by atoms with Gasteiger partial charge in [0.1, 0.15) is 28.5 Å². The van der Waals surface area contributed by atoms with Gasteiger partial charge in [0.2, 0.25) is 0 Å². The summed E-state index contributed by atoms with van der Waals surface area (Å²) in [7, 11) is -3.19. The lowest BCUT2D eigenvalue weighted by molar-refractivity contribution is -0.0498. The van der Waals surface area contributed by atoms with E-state index in [2.05, 4.69) is 20.1 Å². The molecule has 9 nitrogen and oxygen atoms in total. The average Bonchev–Trinajstić information content (AvgIpc) is 3.06. The number of alkyl halides is 2. The van der Waals surface area contributed by atoms with Gasteiger partial charge in [-0.15, -0.1) is 0 Å². The summed E-state index contributed by atoms with van der Waals surface area (Å²) in [6.07, 6.45) is 1.19. The Morgan fingerprint density at radius 3 is 2.56 bits per heavy atom. The lowest BCUT2D eigenvalue weighted by Gasteiger charge is -2.38. The molecule has 0 unspecified atom stereocenters.